The molecule has 0 radical (unpaired) electrons. The highest BCUT2D eigenvalue weighted by atomic mass is 35.5. The van der Waals surface area contributed by atoms with E-state index in [0.717, 1.165) is 5.69 Å². The van der Waals surface area contributed by atoms with E-state index in [1.54, 1.807) is 12.0 Å². The van der Waals surface area contributed by atoms with E-state index in [1.807, 2.05) is 59.5 Å². The van der Waals surface area contributed by atoms with Crippen molar-refractivity contribution in [1.82, 2.24) is 4.90 Å². The van der Waals surface area contributed by atoms with Crippen LogP contribution < -0.4 is 9.64 Å². The van der Waals surface area contributed by atoms with Gasteiger partial charge in [0.15, 0.2) is 0 Å². The summed E-state index contributed by atoms with van der Waals surface area (Å²) >= 11 is 5.87. The fraction of sp³-hybridized carbons (Fsp3) is 0.333. The molecule has 0 aromatic heterocycles. The van der Waals surface area contributed by atoms with E-state index in [9.17, 15) is 9.59 Å². The summed E-state index contributed by atoms with van der Waals surface area (Å²) in [6.07, 6.45) is 1.39. The lowest BCUT2D eigenvalue weighted by molar-refractivity contribution is -0.116. The van der Waals surface area contributed by atoms with Crippen LogP contribution in [0.5, 0.6) is 5.75 Å². The minimum Gasteiger partial charge on any atom is -0.495 e. The lowest BCUT2D eigenvalue weighted by Gasteiger charge is -2.38. The minimum absolute atomic E-state index is 0.0210. The van der Waals surface area contributed by atoms with Crippen LogP contribution in [0.4, 0.5) is 5.69 Å². The van der Waals surface area contributed by atoms with Crippen LogP contribution in [-0.2, 0) is 4.79 Å². The highest BCUT2D eigenvalue weighted by Crippen LogP contribution is 2.32. The molecule has 0 atom stereocenters. The van der Waals surface area contributed by atoms with Crippen LogP contribution in [-0.4, -0.2) is 48.8 Å². The number of carbonyl (C=O) groups excluding carboxylic acids is 2. The fourth-order valence-electron chi connectivity index (χ4n) is 3.52. The van der Waals surface area contributed by atoms with E-state index in [-0.39, 0.29) is 23.7 Å². The molecule has 1 aliphatic heterocycles. The zero-order chi connectivity index (χ0) is 19.2. The minimum atomic E-state index is -0.158. The molecule has 0 bridgehead atoms. The molecule has 0 aliphatic carbocycles. The average Bonchev–Trinajstić information content (AvgIpc) is 2.74. The first-order chi connectivity index (χ1) is 13.2. The monoisotopic (exact) mass is 386 g/mol. The Kier molecular flexibility index (Phi) is 6.35. The number of anilines is 1. The van der Waals surface area contributed by atoms with Gasteiger partial charge in [-0.05, 0) is 37.1 Å². The molecule has 0 N–H and O–H groups in total. The van der Waals surface area contributed by atoms with Gasteiger partial charge < -0.3 is 14.5 Å². The average molecular weight is 387 g/mol. The Labute approximate surface area is 164 Å². The van der Waals surface area contributed by atoms with Crippen molar-refractivity contribution in [3.05, 3.63) is 60.2 Å². The number of nitrogens with zero attached hydrogens (tertiary/aromatic N) is 2. The van der Waals surface area contributed by atoms with Gasteiger partial charge in [0, 0.05) is 24.7 Å². The van der Waals surface area contributed by atoms with Gasteiger partial charge in [-0.25, -0.2) is 0 Å². The van der Waals surface area contributed by atoms with Crippen molar-refractivity contribution in [1.29, 1.82) is 0 Å². The third-order valence-electron chi connectivity index (χ3n) is 4.87. The topological polar surface area (TPSA) is 49.9 Å². The quantitative estimate of drug-likeness (QED) is 0.738. The van der Waals surface area contributed by atoms with Crippen LogP contribution in [0.15, 0.2) is 54.6 Å². The van der Waals surface area contributed by atoms with Gasteiger partial charge in [-0.15, -0.1) is 11.6 Å². The second-order valence-corrected chi connectivity index (χ2v) is 6.73. The van der Waals surface area contributed by atoms with Crippen molar-refractivity contribution in [2.45, 2.75) is 18.9 Å². The molecule has 1 fully saturated rings. The van der Waals surface area contributed by atoms with Crippen molar-refractivity contribution in [3.63, 3.8) is 0 Å². The Morgan fingerprint density at radius 1 is 1.07 bits per heavy atom. The normalized spacial score (nSPS) is 14.7. The van der Waals surface area contributed by atoms with Gasteiger partial charge in [-0.3, -0.25) is 9.59 Å². The molecule has 2 aromatic rings. The van der Waals surface area contributed by atoms with E-state index in [0.29, 0.717) is 37.2 Å². The van der Waals surface area contributed by atoms with Crippen molar-refractivity contribution in [2.24, 2.45) is 0 Å². The van der Waals surface area contributed by atoms with E-state index >= 15 is 0 Å². The summed E-state index contributed by atoms with van der Waals surface area (Å²) in [4.78, 5) is 28.8. The number of hydrogen-bond acceptors (Lipinski definition) is 3. The molecule has 2 amide bonds. The number of rotatable bonds is 5. The molecule has 0 unspecified atom stereocenters. The Balaban J connectivity index is 1.75. The first kappa shape index (κ1) is 19.2. The summed E-state index contributed by atoms with van der Waals surface area (Å²) in [6, 6.07) is 16.7. The summed E-state index contributed by atoms with van der Waals surface area (Å²) in [5.74, 6) is 0.413. The predicted octanol–water partition coefficient (Wildman–Crippen LogP) is 3.57. The number of alkyl halides is 1. The largest absolute Gasteiger partial charge is 0.495 e. The van der Waals surface area contributed by atoms with Gasteiger partial charge in [0.2, 0.25) is 5.91 Å². The van der Waals surface area contributed by atoms with Gasteiger partial charge in [-0.1, -0.05) is 30.3 Å². The molecule has 2 aromatic carbocycles. The van der Waals surface area contributed by atoms with Gasteiger partial charge in [0.05, 0.1) is 12.8 Å². The number of halogens is 1. The lowest BCUT2D eigenvalue weighted by atomic mass is 10.0. The fourth-order valence-corrected chi connectivity index (χ4v) is 3.65. The maximum absolute atomic E-state index is 12.6. The number of methoxy groups -OCH3 is 1. The molecule has 1 heterocycles. The molecule has 27 heavy (non-hydrogen) atoms. The number of benzene rings is 2. The van der Waals surface area contributed by atoms with Gasteiger partial charge >= 0.3 is 0 Å². The molecule has 1 saturated heterocycles. The maximum Gasteiger partial charge on any atom is 0.253 e. The first-order valence-corrected chi connectivity index (χ1v) is 9.54. The zero-order valence-corrected chi connectivity index (χ0v) is 16.1. The third kappa shape index (κ3) is 4.25. The first-order valence-electron chi connectivity index (χ1n) is 9.01. The predicted molar refractivity (Wildman–Crippen MR) is 107 cm³/mol. The third-order valence-corrected chi connectivity index (χ3v) is 5.09. The van der Waals surface area contributed by atoms with Crippen LogP contribution in [0.3, 0.4) is 0 Å². The van der Waals surface area contributed by atoms with Crippen molar-refractivity contribution in [2.75, 3.05) is 31.0 Å². The van der Waals surface area contributed by atoms with E-state index in [2.05, 4.69) is 0 Å². The Hall–Kier alpha value is -2.53. The summed E-state index contributed by atoms with van der Waals surface area (Å²) in [5, 5.41) is 0. The second kappa shape index (κ2) is 8.91. The molecule has 142 valence electrons. The second-order valence-electron chi connectivity index (χ2n) is 6.46. The summed E-state index contributed by atoms with van der Waals surface area (Å²) in [5.41, 5.74) is 1.41. The number of amides is 2. The summed E-state index contributed by atoms with van der Waals surface area (Å²) < 4.78 is 5.43. The summed E-state index contributed by atoms with van der Waals surface area (Å²) in [7, 11) is 1.59. The molecular formula is C21H23ClN2O3. The molecular weight excluding hydrogens is 364 g/mol. The van der Waals surface area contributed by atoms with Crippen molar-refractivity contribution >= 4 is 29.1 Å². The lowest BCUT2D eigenvalue weighted by Crippen LogP contribution is -2.49. The van der Waals surface area contributed by atoms with Crippen molar-refractivity contribution in [3.8, 4) is 5.75 Å². The standard InChI is InChI=1S/C21H23ClN2O3/c1-27-19-10-6-5-9-18(19)24(20(25)15-22)17-11-13-23(14-12-17)21(26)16-7-3-2-4-8-16/h2-10,17H,11-15H2,1H3. The number of para-hydroxylation sites is 2. The van der Waals surface area contributed by atoms with E-state index in [1.165, 1.54) is 0 Å². The zero-order valence-electron chi connectivity index (χ0n) is 15.3. The molecule has 0 spiro atoms. The number of hydrogen-bond donors (Lipinski definition) is 0. The van der Waals surface area contributed by atoms with Gasteiger partial charge in [0.1, 0.15) is 11.6 Å². The van der Waals surface area contributed by atoms with Crippen LogP contribution in [0, 0.1) is 0 Å². The van der Waals surface area contributed by atoms with Crippen LogP contribution >= 0.6 is 11.6 Å². The van der Waals surface area contributed by atoms with E-state index in [4.69, 9.17) is 16.3 Å². The summed E-state index contributed by atoms with van der Waals surface area (Å²) in [6.45, 7) is 1.19. The molecule has 1 aliphatic rings. The number of piperidine rings is 1. The van der Waals surface area contributed by atoms with Gasteiger partial charge in [-0.2, -0.15) is 0 Å². The van der Waals surface area contributed by atoms with E-state index < -0.39 is 0 Å². The number of ether oxygens (including phenoxy) is 1. The Morgan fingerprint density at radius 2 is 1.70 bits per heavy atom. The molecule has 5 nitrogen and oxygen atoms in total. The van der Waals surface area contributed by atoms with Crippen molar-refractivity contribution < 1.29 is 14.3 Å². The molecule has 0 saturated carbocycles. The number of likely N-dealkylation sites (tertiary alicyclic amines) is 1. The van der Waals surface area contributed by atoms with Gasteiger partial charge in [0.25, 0.3) is 5.91 Å². The maximum atomic E-state index is 12.6. The molecule has 3 rings (SSSR count). The molecule has 6 heteroatoms. The highest BCUT2D eigenvalue weighted by molar-refractivity contribution is 6.29. The van der Waals surface area contributed by atoms with Crippen LogP contribution in [0.2, 0.25) is 0 Å². The Morgan fingerprint density at radius 3 is 2.33 bits per heavy atom. The number of carbonyl (C=O) groups is 2. The van der Waals surface area contributed by atoms with Crippen LogP contribution in [0.1, 0.15) is 23.2 Å². The SMILES string of the molecule is COc1ccccc1N(C(=O)CCl)C1CCN(C(=O)c2ccccc2)CC1. The van der Waals surface area contributed by atoms with Crippen LogP contribution in [0.25, 0.3) is 0 Å². The highest BCUT2D eigenvalue weighted by Gasteiger charge is 2.31. The smallest absolute Gasteiger partial charge is 0.253 e. The Bertz CT molecular complexity index is 789.